The number of nitrogens with zero attached hydrogens (tertiary/aromatic N) is 3. The van der Waals surface area contributed by atoms with Crippen LogP contribution in [-0.4, -0.2) is 32.8 Å². The summed E-state index contributed by atoms with van der Waals surface area (Å²) in [5, 5.41) is 14.2. The SMILES string of the molecule is C/C(=N\OCc1ccc(C(F)(F)F)cc1)c1ccc(OCC(=O)c2nccn2C)cc1O. The number of Topliss-reactive ketones (excluding diaryl/α,β-unsaturated/α-hetero) is 1. The number of ether oxygens (including phenoxy) is 1. The molecule has 0 radical (unpaired) electrons. The molecule has 0 atom stereocenters. The zero-order valence-corrected chi connectivity index (χ0v) is 17.3. The number of phenolic OH excluding ortho intramolecular Hbond substituents is 1. The van der Waals surface area contributed by atoms with Crippen LogP contribution in [0.15, 0.2) is 60.0 Å². The third-order valence-electron chi connectivity index (χ3n) is 4.51. The van der Waals surface area contributed by atoms with Crippen molar-refractivity contribution in [1.82, 2.24) is 9.55 Å². The van der Waals surface area contributed by atoms with Crippen molar-refractivity contribution >= 4 is 11.5 Å². The van der Waals surface area contributed by atoms with Gasteiger partial charge in [0.1, 0.15) is 18.1 Å². The number of benzene rings is 2. The van der Waals surface area contributed by atoms with Crippen molar-refractivity contribution in [3.05, 3.63) is 77.4 Å². The number of carbonyl (C=O) groups excluding carboxylic acids is 1. The molecule has 0 amide bonds. The van der Waals surface area contributed by atoms with Gasteiger partial charge in [0, 0.05) is 31.1 Å². The molecule has 0 bridgehead atoms. The van der Waals surface area contributed by atoms with Crippen molar-refractivity contribution in [2.75, 3.05) is 6.61 Å². The molecule has 0 saturated heterocycles. The summed E-state index contributed by atoms with van der Waals surface area (Å²) >= 11 is 0. The van der Waals surface area contributed by atoms with E-state index in [0.29, 0.717) is 16.8 Å². The molecule has 168 valence electrons. The van der Waals surface area contributed by atoms with Gasteiger partial charge in [0.15, 0.2) is 12.4 Å². The van der Waals surface area contributed by atoms with Gasteiger partial charge in [-0.2, -0.15) is 13.2 Å². The number of aryl methyl sites for hydroxylation is 1. The van der Waals surface area contributed by atoms with E-state index in [4.69, 9.17) is 9.57 Å². The number of hydrogen-bond acceptors (Lipinski definition) is 6. The van der Waals surface area contributed by atoms with E-state index in [9.17, 15) is 23.1 Å². The first-order chi connectivity index (χ1) is 15.1. The number of carbonyl (C=O) groups is 1. The minimum atomic E-state index is -4.40. The van der Waals surface area contributed by atoms with E-state index in [2.05, 4.69) is 10.1 Å². The number of hydrogen-bond donors (Lipinski definition) is 1. The molecule has 1 heterocycles. The van der Waals surface area contributed by atoms with Gasteiger partial charge >= 0.3 is 6.18 Å². The van der Waals surface area contributed by atoms with E-state index in [0.717, 1.165) is 12.1 Å². The van der Waals surface area contributed by atoms with Gasteiger partial charge in [0.05, 0.1) is 11.3 Å². The Morgan fingerprint density at radius 3 is 2.50 bits per heavy atom. The molecule has 0 spiro atoms. The fraction of sp³-hybridized carbons (Fsp3) is 0.227. The molecule has 0 saturated carbocycles. The Hall–Kier alpha value is -3.82. The van der Waals surface area contributed by atoms with Gasteiger partial charge in [-0.3, -0.25) is 4.79 Å². The predicted molar refractivity (Wildman–Crippen MR) is 110 cm³/mol. The van der Waals surface area contributed by atoms with Crippen LogP contribution >= 0.6 is 0 Å². The van der Waals surface area contributed by atoms with Crippen molar-refractivity contribution in [3.8, 4) is 11.5 Å². The van der Waals surface area contributed by atoms with Crippen LogP contribution in [0.3, 0.4) is 0 Å². The molecule has 0 aliphatic rings. The second-order valence-electron chi connectivity index (χ2n) is 6.90. The van der Waals surface area contributed by atoms with Crippen LogP contribution in [0.2, 0.25) is 0 Å². The zero-order chi connectivity index (χ0) is 23.3. The van der Waals surface area contributed by atoms with E-state index in [1.807, 2.05) is 0 Å². The van der Waals surface area contributed by atoms with Crippen molar-refractivity contribution in [1.29, 1.82) is 0 Å². The smallest absolute Gasteiger partial charge is 0.416 e. The first-order valence-corrected chi connectivity index (χ1v) is 9.44. The average Bonchev–Trinajstić information content (AvgIpc) is 3.17. The third-order valence-corrected chi connectivity index (χ3v) is 4.51. The lowest BCUT2D eigenvalue weighted by molar-refractivity contribution is -0.137. The van der Waals surface area contributed by atoms with Gasteiger partial charge in [0.25, 0.3) is 0 Å². The molecule has 0 fully saturated rings. The van der Waals surface area contributed by atoms with Crippen LogP contribution in [-0.2, 0) is 24.7 Å². The molecule has 0 aliphatic carbocycles. The molecule has 1 N–H and O–H groups in total. The van der Waals surface area contributed by atoms with E-state index < -0.39 is 11.7 Å². The molecule has 0 aliphatic heterocycles. The highest BCUT2D eigenvalue weighted by atomic mass is 19.4. The second kappa shape index (κ2) is 9.54. The molecule has 0 unspecified atom stereocenters. The summed E-state index contributed by atoms with van der Waals surface area (Å²) in [6, 6.07) is 9.02. The lowest BCUT2D eigenvalue weighted by atomic mass is 10.1. The number of aromatic hydroxyl groups is 1. The molecule has 7 nitrogen and oxygen atoms in total. The highest BCUT2D eigenvalue weighted by Gasteiger charge is 2.29. The molecule has 3 rings (SSSR count). The van der Waals surface area contributed by atoms with Crippen molar-refractivity contribution in [3.63, 3.8) is 0 Å². The summed E-state index contributed by atoms with van der Waals surface area (Å²) in [4.78, 5) is 21.2. The molecule has 3 aromatic rings. The number of phenols is 1. The Bertz CT molecular complexity index is 1120. The second-order valence-corrected chi connectivity index (χ2v) is 6.90. The van der Waals surface area contributed by atoms with Gasteiger partial charge in [-0.25, -0.2) is 4.98 Å². The van der Waals surface area contributed by atoms with Crippen molar-refractivity contribution < 1.29 is 32.6 Å². The van der Waals surface area contributed by atoms with Crippen LogP contribution in [0.1, 0.15) is 34.2 Å². The van der Waals surface area contributed by atoms with Crippen LogP contribution in [0, 0.1) is 0 Å². The van der Waals surface area contributed by atoms with E-state index in [-0.39, 0.29) is 36.3 Å². The number of alkyl halides is 3. The normalized spacial score (nSPS) is 12.0. The Kier molecular flexibility index (Phi) is 6.82. The lowest BCUT2D eigenvalue weighted by Gasteiger charge is -2.09. The van der Waals surface area contributed by atoms with E-state index >= 15 is 0 Å². The van der Waals surface area contributed by atoms with Gasteiger partial charge in [-0.05, 0) is 36.8 Å². The van der Waals surface area contributed by atoms with Gasteiger partial charge in [0.2, 0.25) is 5.78 Å². The number of ketones is 1. The molecule has 2 aromatic carbocycles. The third kappa shape index (κ3) is 5.65. The predicted octanol–water partition coefficient (Wildman–Crippen LogP) is 4.35. The maximum Gasteiger partial charge on any atom is 0.416 e. The molecular formula is C22H20F3N3O4. The molecular weight excluding hydrogens is 427 g/mol. The largest absolute Gasteiger partial charge is 0.507 e. The standard InChI is InChI=1S/C22H20F3N3O4/c1-14(27-32-12-15-3-5-16(6-4-15)22(23,24)25)18-8-7-17(11-19(18)29)31-13-20(30)21-26-9-10-28(21)2/h3-11,29H,12-13H2,1-2H3/b27-14+. The Balaban J connectivity index is 1.57. The fourth-order valence-electron chi connectivity index (χ4n) is 2.80. The van der Waals surface area contributed by atoms with Crippen LogP contribution in [0.5, 0.6) is 11.5 Å². The quantitative estimate of drug-likeness (QED) is 0.315. The van der Waals surface area contributed by atoms with Crippen molar-refractivity contribution in [2.45, 2.75) is 19.7 Å². The number of rotatable bonds is 8. The first kappa shape index (κ1) is 22.9. The minimum absolute atomic E-state index is 0.0350. The molecule has 10 heteroatoms. The van der Waals surface area contributed by atoms with Gasteiger partial charge < -0.3 is 19.2 Å². The Labute approximate surface area is 181 Å². The summed E-state index contributed by atoms with van der Waals surface area (Å²) in [5.41, 5.74) is 0.500. The highest BCUT2D eigenvalue weighted by Crippen LogP contribution is 2.29. The van der Waals surface area contributed by atoms with Crippen LogP contribution in [0.4, 0.5) is 13.2 Å². The Morgan fingerprint density at radius 2 is 1.91 bits per heavy atom. The molecule has 1 aromatic heterocycles. The topological polar surface area (TPSA) is 85.9 Å². The lowest BCUT2D eigenvalue weighted by Crippen LogP contribution is -2.16. The summed E-state index contributed by atoms with van der Waals surface area (Å²) in [6.07, 6.45) is -1.24. The van der Waals surface area contributed by atoms with Gasteiger partial charge in [-0.1, -0.05) is 17.3 Å². The summed E-state index contributed by atoms with van der Waals surface area (Å²) in [5.74, 6) is 0.105. The Morgan fingerprint density at radius 1 is 1.19 bits per heavy atom. The average molecular weight is 447 g/mol. The first-order valence-electron chi connectivity index (χ1n) is 9.44. The van der Waals surface area contributed by atoms with Crippen molar-refractivity contribution in [2.24, 2.45) is 12.2 Å². The minimum Gasteiger partial charge on any atom is -0.507 e. The van der Waals surface area contributed by atoms with E-state index in [1.165, 1.54) is 24.4 Å². The number of imidazole rings is 1. The summed E-state index contributed by atoms with van der Waals surface area (Å²) < 4.78 is 44.8. The highest BCUT2D eigenvalue weighted by molar-refractivity contribution is 6.00. The summed E-state index contributed by atoms with van der Waals surface area (Å²) in [6.45, 7) is 1.33. The number of aromatic nitrogens is 2. The maximum absolute atomic E-state index is 12.6. The number of oxime groups is 1. The summed E-state index contributed by atoms with van der Waals surface area (Å²) in [7, 11) is 1.70. The van der Waals surface area contributed by atoms with E-state index in [1.54, 1.807) is 36.9 Å². The molecule has 32 heavy (non-hydrogen) atoms. The van der Waals surface area contributed by atoms with Crippen LogP contribution < -0.4 is 4.74 Å². The zero-order valence-electron chi connectivity index (χ0n) is 17.3. The monoisotopic (exact) mass is 447 g/mol. The number of halogens is 3. The van der Waals surface area contributed by atoms with Crippen LogP contribution in [0.25, 0.3) is 0 Å². The maximum atomic E-state index is 12.6. The fourth-order valence-corrected chi connectivity index (χ4v) is 2.80. The van der Waals surface area contributed by atoms with Gasteiger partial charge in [-0.15, -0.1) is 0 Å².